The minimum atomic E-state index is -0.659. The third-order valence-electron chi connectivity index (χ3n) is 1.82. The third-order valence-corrected chi connectivity index (χ3v) is 1.82. The highest BCUT2D eigenvalue weighted by Crippen LogP contribution is 2.06. The largest absolute Gasteiger partial charge is 0.389 e. The molecule has 1 unspecified atom stereocenters. The van der Waals surface area contributed by atoms with Crippen LogP contribution in [0.4, 0.5) is 0 Å². The Bertz CT molecular complexity index is 98.8. The highest BCUT2D eigenvalue weighted by Gasteiger charge is 2.20. The Morgan fingerprint density at radius 1 is 1.55 bits per heavy atom. The fourth-order valence-electron chi connectivity index (χ4n) is 0.627. The molecule has 68 valence electrons. The molecule has 0 saturated carbocycles. The Morgan fingerprint density at radius 3 is 2.45 bits per heavy atom. The topological polar surface area (TPSA) is 41.5 Å². The van der Waals surface area contributed by atoms with Gasteiger partial charge in [-0.25, -0.2) is 0 Å². The maximum Gasteiger partial charge on any atom is 0.0741 e. The van der Waals surface area contributed by atoms with Crippen molar-refractivity contribution in [2.24, 2.45) is 0 Å². The van der Waals surface area contributed by atoms with Crippen molar-refractivity contribution in [1.82, 2.24) is 5.32 Å². The summed E-state index contributed by atoms with van der Waals surface area (Å²) >= 11 is 0. The Morgan fingerprint density at radius 2 is 2.09 bits per heavy atom. The Kier molecular flexibility index (Phi) is 4.65. The van der Waals surface area contributed by atoms with Crippen molar-refractivity contribution in [3.05, 3.63) is 0 Å². The van der Waals surface area contributed by atoms with E-state index in [0.29, 0.717) is 6.61 Å². The average molecular weight is 161 g/mol. The molecule has 3 nitrogen and oxygen atoms in total. The van der Waals surface area contributed by atoms with E-state index in [0.717, 1.165) is 6.54 Å². The lowest BCUT2D eigenvalue weighted by atomic mass is 10.0. The Hall–Kier alpha value is -0.120. The highest BCUT2D eigenvalue weighted by molar-refractivity contribution is 4.78. The van der Waals surface area contributed by atoms with Crippen molar-refractivity contribution in [1.29, 1.82) is 0 Å². The maximum absolute atomic E-state index is 9.48. The van der Waals surface area contributed by atoms with E-state index in [1.807, 2.05) is 6.92 Å². The number of nitrogens with one attached hydrogen (secondary N) is 1. The second-order valence-electron chi connectivity index (χ2n) is 3.32. The molecular formula is C8H19NO2. The fourth-order valence-corrected chi connectivity index (χ4v) is 0.627. The SMILES string of the molecule is COCCNC(C)C(C)(C)O. The van der Waals surface area contributed by atoms with Crippen molar-refractivity contribution in [2.45, 2.75) is 32.4 Å². The van der Waals surface area contributed by atoms with Crippen LogP contribution < -0.4 is 5.32 Å². The molecule has 0 fully saturated rings. The van der Waals surface area contributed by atoms with E-state index in [2.05, 4.69) is 5.32 Å². The summed E-state index contributed by atoms with van der Waals surface area (Å²) in [6, 6.07) is 0.0950. The minimum Gasteiger partial charge on any atom is -0.389 e. The van der Waals surface area contributed by atoms with Crippen LogP contribution in [0.25, 0.3) is 0 Å². The van der Waals surface area contributed by atoms with Crippen LogP contribution in [0.15, 0.2) is 0 Å². The number of hydrogen-bond acceptors (Lipinski definition) is 3. The van der Waals surface area contributed by atoms with Gasteiger partial charge in [0, 0.05) is 19.7 Å². The second kappa shape index (κ2) is 4.70. The van der Waals surface area contributed by atoms with E-state index < -0.39 is 5.60 Å². The van der Waals surface area contributed by atoms with Crippen molar-refractivity contribution in [2.75, 3.05) is 20.3 Å². The van der Waals surface area contributed by atoms with Crippen LogP contribution in [0.5, 0.6) is 0 Å². The Labute approximate surface area is 68.8 Å². The molecule has 0 aromatic heterocycles. The number of rotatable bonds is 5. The molecule has 1 atom stereocenters. The second-order valence-corrected chi connectivity index (χ2v) is 3.32. The van der Waals surface area contributed by atoms with E-state index in [9.17, 15) is 5.11 Å². The zero-order valence-electron chi connectivity index (χ0n) is 7.85. The van der Waals surface area contributed by atoms with Crippen LogP contribution in [0.1, 0.15) is 20.8 Å². The summed E-state index contributed by atoms with van der Waals surface area (Å²) in [4.78, 5) is 0. The third kappa shape index (κ3) is 5.18. The molecule has 2 N–H and O–H groups in total. The summed E-state index contributed by atoms with van der Waals surface area (Å²) in [6.45, 7) is 6.99. The lowest BCUT2D eigenvalue weighted by Crippen LogP contribution is -2.45. The van der Waals surface area contributed by atoms with Gasteiger partial charge >= 0.3 is 0 Å². The number of ether oxygens (including phenoxy) is 1. The lowest BCUT2D eigenvalue weighted by Gasteiger charge is -2.26. The van der Waals surface area contributed by atoms with Gasteiger partial charge in [-0.2, -0.15) is 0 Å². The smallest absolute Gasteiger partial charge is 0.0741 e. The predicted molar refractivity (Wildman–Crippen MR) is 45.6 cm³/mol. The van der Waals surface area contributed by atoms with Crippen molar-refractivity contribution in [3.8, 4) is 0 Å². The summed E-state index contributed by atoms with van der Waals surface area (Å²) in [5.41, 5.74) is -0.659. The van der Waals surface area contributed by atoms with Crippen molar-refractivity contribution in [3.63, 3.8) is 0 Å². The average Bonchev–Trinajstić information content (AvgIpc) is 1.86. The van der Waals surface area contributed by atoms with Gasteiger partial charge in [0.15, 0.2) is 0 Å². The van der Waals surface area contributed by atoms with Crippen molar-refractivity contribution >= 4 is 0 Å². The monoisotopic (exact) mass is 161 g/mol. The van der Waals surface area contributed by atoms with Gasteiger partial charge in [0.25, 0.3) is 0 Å². The van der Waals surface area contributed by atoms with Gasteiger partial charge in [0.05, 0.1) is 12.2 Å². The highest BCUT2D eigenvalue weighted by atomic mass is 16.5. The van der Waals surface area contributed by atoms with Crippen LogP contribution >= 0.6 is 0 Å². The molecule has 0 aliphatic heterocycles. The van der Waals surface area contributed by atoms with Crippen LogP contribution in [0.2, 0.25) is 0 Å². The van der Waals surface area contributed by atoms with E-state index in [1.165, 1.54) is 0 Å². The van der Waals surface area contributed by atoms with Crippen LogP contribution in [0, 0.1) is 0 Å². The molecule has 0 aliphatic rings. The summed E-state index contributed by atoms with van der Waals surface area (Å²) in [5, 5.41) is 12.6. The zero-order chi connectivity index (χ0) is 8.91. The molecule has 0 amide bonds. The molecule has 0 radical (unpaired) electrons. The molecular weight excluding hydrogens is 142 g/mol. The standard InChI is InChI=1S/C8H19NO2/c1-7(8(2,3)10)9-5-6-11-4/h7,9-10H,5-6H2,1-4H3. The number of methoxy groups -OCH3 is 1. The van der Waals surface area contributed by atoms with E-state index in [1.54, 1.807) is 21.0 Å². The molecule has 0 aromatic carbocycles. The summed E-state index contributed by atoms with van der Waals surface area (Å²) < 4.78 is 4.86. The normalized spacial score (nSPS) is 15.0. The van der Waals surface area contributed by atoms with E-state index in [4.69, 9.17) is 4.74 Å². The summed E-state index contributed by atoms with van der Waals surface area (Å²) in [5.74, 6) is 0. The molecule has 0 saturated heterocycles. The Balaban J connectivity index is 3.44. The number of hydrogen-bond donors (Lipinski definition) is 2. The summed E-state index contributed by atoms with van der Waals surface area (Å²) in [6.07, 6.45) is 0. The lowest BCUT2D eigenvalue weighted by molar-refractivity contribution is 0.0417. The van der Waals surface area contributed by atoms with Gasteiger partial charge in [-0.1, -0.05) is 0 Å². The molecule has 0 bridgehead atoms. The molecule has 0 spiro atoms. The number of aliphatic hydroxyl groups is 1. The molecule has 3 heteroatoms. The van der Waals surface area contributed by atoms with Crippen molar-refractivity contribution < 1.29 is 9.84 Å². The van der Waals surface area contributed by atoms with Crippen LogP contribution in [-0.2, 0) is 4.74 Å². The predicted octanol–water partition coefficient (Wildman–Crippen LogP) is 0.382. The summed E-state index contributed by atoms with van der Waals surface area (Å²) in [7, 11) is 1.66. The molecule has 0 aromatic rings. The van der Waals surface area contributed by atoms with Gasteiger partial charge in [0.1, 0.15) is 0 Å². The van der Waals surface area contributed by atoms with E-state index in [-0.39, 0.29) is 6.04 Å². The maximum atomic E-state index is 9.48. The molecule has 0 aliphatic carbocycles. The first kappa shape index (κ1) is 10.9. The van der Waals surface area contributed by atoms with Crippen LogP contribution in [0.3, 0.4) is 0 Å². The first-order chi connectivity index (χ1) is 4.98. The van der Waals surface area contributed by atoms with Crippen LogP contribution in [-0.4, -0.2) is 37.0 Å². The molecule has 0 rings (SSSR count). The molecule has 11 heavy (non-hydrogen) atoms. The minimum absolute atomic E-state index is 0.0950. The quantitative estimate of drug-likeness (QED) is 0.573. The van der Waals surface area contributed by atoms with Gasteiger partial charge in [-0.05, 0) is 20.8 Å². The fraction of sp³-hybridized carbons (Fsp3) is 1.00. The van der Waals surface area contributed by atoms with Gasteiger partial charge in [-0.3, -0.25) is 0 Å². The van der Waals surface area contributed by atoms with Gasteiger partial charge < -0.3 is 15.2 Å². The molecule has 0 heterocycles. The van der Waals surface area contributed by atoms with Gasteiger partial charge in [0.2, 0.25) is 0 Å². The first-order valence-corrected chi connectivity index (χ1v) is 3.93. The van der Waals surface area contributed by atoms with Gasteiger partial charge in [-0.15, -0.1) is 0 Å². The first-order valence-electron chi connectivity index (χ1n) is 3.93. The van der Waals surface area contributed by atoms with E-state index >= 15 is 0 Å². The zero-order valence-corrected chi connectivity index (χ0v) is 7.85.